The molecule has 2 amide bonds. The van der Waals surface area contributed by atoms with E-state index in [4.69, 9.17) is 5.73 Å². The average molecular weight is 295 g/mol. The minimum atomic E-state index is -0.451. The van der Waals surface area contributed by atoms with Crippen LogP contribution in [-0.4, -0.2) is 41.4 Å². The highest BCUT2D eigenvalue weighted by Crippen LogP contribution is 2.31. The van der Waals surface area contributed by atoms with Crippen molar-refractivity contribution in [1.29, 1.82) is 0 Å². The number of nitrogens with one attached hydrogen (secondary N) is 1. The van der Waals surface area contributed by atoms with Crippen LogP contribution in [0.4, 0.5) is 0 Å². The van der Waals surface area contributed by atoms with Gasteiger partial charge in [0.2, 0.25) is 11.8 Å². The summed E-state index contributed by atoms with van der Waals surface area (Å²) in [5, 5.41) is 2.89. The molecular weight excluding hydrogens is 266 g/mol. The van der Waals surface area contributed by atoms with Gasteiger partial charge in [-0.1, -0.05) is 12.8 Å². The fourth-order valence-corrected chi connectivity index (χ4v) is 3.55. The summed E-state index contributed by atoms with van der Waals surface area (Å²) in [6.45, 7) is 5.37. The Morgan fingerprint density at radius 3 is 2.48 bits per heavy atom. The Balaban J connectivity index is 1.90. The van der Waals surface area contributed by atoms with Gasteiger partial charge in [0, 0.05) is 18.6 Å². The molecule has 21 heavy (non-hydrogen) atoms. The van der Waals surface area contributed by atoms with Gasteiger partial charge in [-0.2, -0.15) is 0 Å². The van der Waals surface area contributed by atoms with Gasteiger partial charge in [0.15, 0.2) is 0 Å². The number of hydrogen-bond acceptors (Lipinski definition) is 3. The molecule has 3 N–H and O–H groups in total. The van der Waals surface area contributed by atoms with E-state index in [1.807, 2.05) is 11.8 Å². The van der Waals surface area contributed by atoms with Crippen molar-refractivity contribution >= 4 is 11.8 Å². The zero-order valence-corrected chi connectivity index (χ0v) is 13.4. The Hall–Kier alpha value is -1.10. The van der Waals surface area contributed by atoms with Crippen molar-refractivity contribution in [3.8, 4) is 0 Å². The second kappa shape index (κ2) is 6.77. The van der Waals surface area contributed by atoms with Crippen molar-refractivity contribution in [2.75, 3.05) is 13.1 Å². The van der Waals surface area contributed by atoms with E-state index in [0.717, 1.165) is 51.6 Å². The number of hydrogen-bond donors (Lipinski definition) is 2. The molecule has 2 rings (SSSR count). The molecule has 1 saturated carbocycles. The van der Waals surface area contributed by atoms with Crippen LogP contribution in [0, 0.1) is 5.92 Å². The van der Waals surface area contributed by atoms with E-state index in [9.17, 15) is 9.59 Å². The van der Waals surface area contributed by atoms with Gasteiger partial charge in [0.1, 0.15) is 6.04 Å². The first kappa shape index (κ1) is 16.3. The molecule has 0 aromatic rings. The Labute approximate surface area is 127 Å². The molecule has 1 aliphatic heterocycles. The van der Waals surface area contributed by atoms with E-state index in [0.29, 0.717) is 0 Å². The zero-order valence-electron chi connectivity index (χ0n) is 13.4. The average Bonchev–Trinajstić information content (AvgIpc) is 2.46. The summed E-state index contributed by atoms with van der Waals surface area (Å²) in [7, 11) is 0. The van der Waals surface area contributed by atoms with Crippen LogP contribution in [-0.2, 0) is 9.59 Å². The highest BCUT2D eigenvalue weighted by atomic mass is 16.2. The predicted octanol–water partition coefficient (Wildman–Crippen LogP) is 1.41. The van der Waals surface area contributed by atoms with Crippen molar-refractivity contribution in [2.24, 2.45) is 11.7 Å². The third-order valence-electron chi connectivity index (χ3n) is 4.97. The molecule has 0 bridgehead atoms. The maximum absolute atomic E-state index is 12.4. The summed E-state index contributed by atoms with van der Waals surface area (Å²) in [4.78, 5) is 26.7. The molecule has 2 aliphatic rings. The fourth-order valence-electron chi connectivity index (χ4n) is 3.55. The number of piperidine rings is 1. The summed E-state index contributed by atoms with van der Waals surface area (Å²) in [6, 6.07) is -0.451. The number of carbonyl (C=O) groups excluding carboxylic acids is 2. The summed E-state index contributed by atoms with van der Waals surface area (Å²) in [5.74, 6) is -0.196. The molecule has 5 heteroatoms. The second-order valence-electron chi connectivity index (χ2n) is 6.92. The molecule has 0 aromatic carbocycles. The summed E-state index contributed by atoms with van der Waals surface area (Å²) in [5.41, 5.74) is 5.81. The Kier molecular flexibility index (Phi) is 5.25. The molecule has 0 radical (unpaired) electrons. The van der Waals surface area contributed by atoms with Crippen LogP contribution in [0.5, 0.6) is 0 Å². The first-order valence-corrected chi connectivity index (χ1v) is 8.30. The lowest BCUT2D eigenvalue weighted by atomic mass is 9.74. The molecule has 0 spiro atoms. The molecule has 3 atom stereocenters. The van der Waals surface area contributed by atoms with Crippen molar-refractivity contribution in [2.45, 2.75) is 70.4 Å². The largest absolute Gasteiger partial charge is 0.344 e. The molecule has 5 nitrogen and oxygen atoms in total. The number of nitrogens with zero attached hydrogens (tertiary/aromatic N) is 1. The standard InChI is InChI=1S/C16H29N3O2/c1-12(15(21)19-10-6-3-7-11-19)18-14(20)13-8-4-5-9-16(13,2)17/h12-13H,3-11,17H2,1-2H3,(H,18,20)/t12-,13?,16?/m0/s1. The van der Waals surface area contributed by atoms with Crippen LogP contribution in [0.15, 0.2) is 0 Å². The molecule has 1 aliphatic carbocycles. The topological polar surface area (TPSA) is 75.4 Å². The normalized spacial score (nSPS) is 31.6. The van der Waals surface area contributed by atoms with Gasteiger partial charge >= 0.3 is 0 Å². The first-order valence-electron chi connectivity index (χ1n) is 8.30. The van der Waals surface area contributed by atoms with Gasteiger partial charge in [-0.05, 0) is 46.0 Å². The number of likely N-dealkylation sites (tertiary alicyclic amines) is 1. The molecule has 2 fully saturated rings. The molecule has 1 heterocycles. The smallest absolute Gasteiger partial charge is 0.244 e. The lowest BCUT2D eigenvalue weighted by Crippen LogP contribution is -2.56. The Bertz CT molecular complexity index is 389. The van der Waals surface area contributed by atoms with Crippen LogP contribution in [0.1, 0.15) is 58.8 Å². The summed E-state index contributed by atoms with van der Waals surface area (Å²) in [6.07, 6.45) is 7.14. The Morgan fingerprint density at radius 2 is 1.86 bits per heavy atom. The monoisotopic (exact) mass is 295 g/mol. The fraction of sp³-hybridized carbons (Fsp3) is 0.875. The molecule has 0 aromatic heterocycles. The second-order valence-corrected chi connectivity index (χ2v) is 6.92. The maximum atomic E-state index is 12.4. The summed E-state index contributed by atoms with van der Waals surface area (Å²) < 4.78 is 0. The van der Waals surface area contributed by atoms with E-state index in [2.05, 4.69) is 5.32 Å². The first-order chi connectivity index (χ1) is 9.92. The van der Waals surface area contributed by atoms with Gasteiger partial charge in [-0.25, -0.2) is 0 Å². The predicted molar refractivity (Wildman–Crippen MR) is 82.6 cm³/mol. The highest BCUT2D eigenvalue weighted by molar-refractivity contribution is 5.88. The van der Waals surface area contributed by atoms with E-state index in [-0.39, 0.29) is 17.7 Å². The SMILES string of the molecule is C[C@H](NC(=O)C1CCCCC1(C)N)C(=O)N1CCCCC1. The van der Waals surface area contributed by atoms with Crippen molar-refractivity contribution in [3.63, 3.8) is 0 Å². The van der Waals surface area contributed by atoms with E-state index >= 15 is 0 Å². The van der Waals surface area contributed by atoms with Gasteiger partial charge in [0.05, 0.1) is 5.92 Å². The van der Waals surface area contributed by atoms with Crippen molar-refractivity contribution in [1.82, 2.24) is 10.2 Å². The number of carbonyl (C=O) groups is 2. The maximum Gasteiger partial charge on any atom is 0.244 e. The lowest BCUT2D eigenvalue weighted by molar-refractivity contribution is -0.138. The van der Waals surface area contributed by atoms with Gasteiger partial charge < -0.3 is 16.0 Å². The highest BCUT2D eigenvalue weighted by Gasteiger charge is 2.38. The lowest BCUT2D eigenvalue weighted by Gasteiger charge is -2.38. The molecule has 2 unspecified atom stereocenters. The third-order valence-corrected chi connectivity index (χ3v) is 4.97. The zero-order chi connectivity index (χ0) is 15.5. The number of rotatable bonds is 3. The molecule has 1 saturated heterocycles. The Morgan fingerprint density at radius 1 is 1.19 bits per heavy atom. The van der Waals surface area contributed by atoms with E-state index in [1.54, 1.807) is 6.92 Å². The van der Waals surface area contributed by atoms with Crippen LogP contribution < -0.4 is 11.1 Å². The van der Waals surface area contributed by atoms with Crippen LogP contribution in [0.2, 0.25) is 0 Å². The number of amides is 2. The van der Waals surface area contributed by atoms with Crippen molar-refractivity contribution < 1.29 is 9.59 Å². The van der Waals surface area contributed by atoms with Gasteiger partial charge in [-0.15, -0.1) is 0 Å². The number of nitrogens with two attached hydrogens (primary N) is 1. The van der Waals surface area contributed by atoms with Gasteiger partial charge in [0.25, 0.3) is 0 Å². The van der Waals surface area contributed by atoms with E-state index in [1.165, 1.54) is 6.42 Å². The van der Waals surface area contributed by atoms with Crippen LogP contribution in [0.3, 0.4) is 0 Å². The third kappa shape index (κ3) is 3.96. The minimum absolute atomic E-state index is 0.0394. The molecular formula is C16H29N3O2. The van der Waals surface area contributed by atoms with Gasteiger partial charge in [-0.3, -0.25) is 9.59 Å². The quantitative estimate of drug-likeness (QED) is 0.826. The van der Waals surface area contributed by atoms with E-state index < -0.39 is 11.6 Å². The van der Waals surface area contributed by atoms with Crippen LogP contribution >= 0.6 is 0 Å². The van der Waals surface area contributed by atoms with Crippen LogP contribution in [0.25, 0.3) is 0 Å². The summed E-state index contributed by atoms with van der Waals surface area (Å²) >= 11 is 0. The molecule has 120 valence electrons. The van der Waals surface area contributed by atoms with Crippen molar-refractivity contribution in [3.05, 3.63) is 0 Å². The minimum Gasteiger partial charge on any atom is -0.344 e.